The van der Waals surface area contributed by atoms with Gasteiger partial charge in [-0.25, -0.2) is 0 Å². The molecule has 0 fully saturated rings. The first-order chi connectivity index (χ1) is 18.5. The van der Waals surface area contributed by atoms with Crippen LogP contribution in [0, 0.1) is 0 Å². The molecule has 0 saturated heterocycles. The first-order valence-corrected chi connectivity index (χ1v) is 13.7. The molecule has 1 aliphatic rings. The zero-order chi connectivity index (χ0) is 26.5. The van der Waals surface area contributed by atoms with Gasteiger partial charge < -0.3 is 25.3 Å². The summed E-state index contributed by atoms with van der Waals surface area (Å²) in [6, 6.07) is 22.3. The lowest BCUT2D eigenvalue weighted by molar-refractivity contribution is 0.0964. The van der Waals surface area contributed by atoms with Gasteiger partial charge in [0.25, 0.3) is 0 Å². The standard InChI is InChI=1S/C32H38N4O2/c1-4-16-36(3)17-7-18-38-31-21-25(10-12-26(31)23-11-13-27-24(20-23)14-15-33-27)32(37)30-19-22(2)34-28-8-5-6-9-29(28)35-30/h5-6,8-15,20-22,30,33-35H,4,7,16-19H2,1-3H3/t22-,30?/m0/s1. The van der Waals surface area contributed by atoms with E-state index in [1.165, 1.54) is 0 Å². The van der Waals surface area contributed by atoms with Crippen molar-refractivity contribution in [1.82, 2.24) is 9.88 Å². The van der Waals surface area contributed by atoms with E-state index in [2.05, 4.69) is 65.7 Å². The Labute approximate surface area is 225 Å². The van der Waals surface area contributed by atoms with Gasteiger partial charge in [-0.1, -0.05) is 31.2 Å². The Hall–Kier alpha value is -3.77. The lowest BCUT2D eigenvalue weighted by Gasteiger charge is -2.20. The number of ketones is 1. The quantitative estimate of drug-likeness (QED) is 0.161. The van der Waals surface area contributed by atoms with Crippen LogP contribution in [0.4, 0.5) is 11.4 Å². The molecule has 0 spiro atoms. The fourth-order valence-electron chi connectivity index (χ4n) is 5.30. The summed E-state index contributed by atoms with van der Waals surface area (Å²) >= 11 is 0. The van der Waals surface area contributed by atoms with Crippen LogP contribution in [0.3, 0.4) is 0 Å². The Morgan fingerprint density at radius 3 is 2.63 bits per heavy atom. The summed E-state index contributed by atoms with van der Waals surface area (Å²) in [5.41, 5.74) is 5.83. The minimum atomic E-state index is -0.321. The molecular weight excluding hydrogens is 472 g/mol. The van der Waals surface area contributed by atoms with Gasteiger partial charge in [0, 0.05) is 35.4 Å². The van der Waals surface area contributed by atoms with Crippen LogP contribution in [0.2, 0.25) is 0 Å². The molecule has 0 amide bonds. The summed E-state index contributed by atoms with van der Waals surface area (Å²) in [7, 11) is 2.15. The summed E-state index contributed by atoms with van der Waals surface area (Å²) in [6.07, 6.45) is 4.71. The summed E-state index contributed by atoms with van der Waals surface area (Å²) in [5, 5.41) is 8.16. The van der Waals surface area contributed by atoms with Gasteiger partial charge in [-0.15, -0.1) is 0 Å². The van der Waals surface area contributed by atoms with Crippen molar-refractivity contribution in [1.29, 1.82) is 0 Å². The van der Waals surface area contributed by atoms with E-state index in [-0.39, 0.29) is 17.9 Å². The average Bonchev–Trinajstić information content (AvgIpc) is 3.32. The van der Waals surface area contributed by atoms with Crippen molar-refractivity contribution in [2.45, 2.75) is 45.2 Å². The zero-order valence-corrected chi connectivity index (χ0v) is 22.6. The maximum absolute atomic E-state index is 13.8. The van der Waals surface area contributed by atoms with Crippen LogP contribution in [-0.2, 0) is 0 Å². The summed E-state index contributed by atoms with van der Waals surface area (Å²) in [4.78, 5) is 19.4. The van der Waals surface area contributed by atoms with E-state index < -0.39 is 0 Å². The molecule has 0 saturated carbocycles. The average molecular weight is 511 g/mol. The minimum Gasteiger partial charge on any atom is -0.493 e. The second-order valence-electron chi connectivity index (χ2n) is 10.4. The molecule has 198 valence electrons. The van der Waals surface area contributed by atoms with Crippen molar-refractivity contribution >= 4 is 28.1 Å². The fourth-order valence-corrected chi connectivity index (χ4v) is 5.30. The molecule has 38 heavy (non-hydrogen) atoms. The summed E-state index contributed by atoms with van der Waals surface area (Å²) in [6.45, 7) is 6.97. The van der Waals surface area contributed by atoms with E-state index in [9.17, 15) is 4.79 Å². The fraction of sp³-hybridized carbons (Fsp3) is 0.344. The number of benzene rings is 3. The molecule has 6 nitrogen and oxygen atoms in total. The van der Waals surface area contributed by atoms with Crippen LogP contribution in [0.5, 0.6) is 5.75 Å². The number of ether oxygens (including phenoxy) is 1. The summed E-state index contributed by atoms with van der Waals surface area (Å²) in [5.74, 6) is 0.833. The third-order valence-electron chi connectivity index (χ3n) is 7.24. The Morgan fingerprint density at radius 1 is 1.00 bits per heavy atom. The monoisotopic (exact) mass is 510 g/mol. The van der Waals surface area contributed by atoms with Crippen molar-refractivity contribution < 1.29 is 9.53 Å². The van der Waals surface area contributed by atoms with Crippen molar-refractivity contribution in [3.63, 3.8) is 0 Å². The zero-order valence-electron chi connectivity index (χ0n) is 22.6. The second-order valence-corrected chi connectivity index (χ2v) is 10.4. The van der Waals surface area contributed by atoms with Gasteiger partial charge in [0.15, 0.2) is 5.78 Å². The molecule has 2 heterocycles. The number of carbonyl (C=O) groups is 1. The molecule has 0 bridgehead atoms. The Kier molecular flexibility index (Phi) is 7.99. The molecule has 5 rings (SSSR count). The second kappa shape index (κ2) is 11.7. The van der Waals surface area contributed by atoms with Gasteiger partial charge >= 0.3 is 0 Å². The van der Waals surface area contributed by atoms with Gasteiger partial charge in [-0.2, -0.15) is 0 Å². The highest BCUT2D eigenvalue weighted by molar-refractivity contribution is 6.03. The third kappa shape index (κ3) is 5.86. The van der Waals surface area contributed by atoms with E-state index >= 15 is 0 Å². The van der Waals surface area contributed by atoms with E-state index in [0.29, 0.717) is 18.6 Å². The normalized spacial score (nSPS) is 16.9. The topological polar surface area (TPSA) is 69.4 Å². The molecule has 6 heteroatoms. The van der Waals surface area contributed by atoms with Crippen LogP contribution in [0.25, 0.3) is 22.0 Å². The predicted molar refractivity (Wildman–Crippen MR) is 158 cm³/mol. The number of anilines is 2. The minimum absolute atomic E-state index is 0.0792. The Balaban J connectivity index is 1.41. The maximum Gasteiger partial charge on any atom is 0.185 e. The molecule has 3 aromatic carbocycles. The highest BCUT2D eigenvalue weighted by Crippen LogP contribution is 2.34. The lowest BCUT2D eigenvalue weighted by atomic mass is 9.95. The van der Waals surface area contributed by atoms with E-state index in [1.807, 2.05) is 48.7 Å². The number of aromatic nitrogens is 1. The number of nitrogens with one attached hydrogen (secondary N) is 3. The highest BCUT2D eigenvalue weighted by Gasteiger charge is 2.27. The molecule has 3 N–H and O–H groups in total. The van der Waals surface area contributed by atoms with E-state index in [0.717, 1.165) is 65.1 Å². The molecular formula is C32H38N4O2. The largest absolute Gasteiger partial charge is 0.493 e. The smallest absolute Gasteiger partial charge is 0.185 e. The maximum atomic E-state index is 13.8. The number of carbonyl (C=O) groups excluding carboxylic acids is 1. The van der Waals surface area contributed by atoms with Crippen molar-refractivity contribution in [3.8, 4) is 16.9 Å². The molecule has 4 aromatic rings. The van der Waals surface area contributed by atoms with E-state index in [1.54, 1.807) is 0 Å². The van der Waals surface area contributed by atoms with Gasteiger partial charge in [0.1, 0.15) is 5.75 Å². The van der Waals surface area contributed by atoms with Crippen LogP contribution in [-0.4, -0.2) is 54.5 Å². The SMILES string of the molecule is CCCN(C)CCCOc1cc(C(=O)C2C[C@H](C)Nc3ccccc3N2)ccc1-c1ccc2[nH]ccc2c1. The van der Waals surface area contributed by atoms with Crippen LogP contribution in [0.15, 0.2) is 72.9 Å². The van der Waals surface area contributed by atoms with Gasteiger partial charge in [-0.3, -0.25) is 4.79 Å². The number of nitrogens with zero attached hydrogens (tertiary/aromatic N) is 1. The van der Waals surface area contributed by atoms with Gasteiger partial charge in [-0.05, 0) is 93.2 Å². The number of hydrogen-bond donors (Lipinski definition) is 3. The molecule has 1 aromatic heterocycles. The Morgan fingerprint density at radius 2 is 1.82 bits per heavy atom. The van der Waals surface area contributed by atoms with Crippen molar-refractivity contribution in [3.05, 3.63) is 78.5 Å². The highest BCUT2D eigenvalue weighted by atomic mass is 16.5. The van der Waals surface area contributed by atoms with Gasteiger partial charge in [0.2, 0.25) is 0 Å². The lowest BCUT2D eigenvalue weighted by Crippen LogP contribution is -2.32. The number of hydrogen-bond acceptors (Lipinski definition) is 5. The number of para-hydroxylation sites is 2. The van der Waals surface area contributed by atoms with E-state index in [4.69, 9.17) is 4.74 Å². The number of Topliss-reactive ketones (excluding diaryl/α,β-unsaturated/α-hetero) is 1. The van der Waals surface area contributed by atoms with Crippen molar-refractivity contribution in [2.24, 2.45) is 0 Å². The van der Waals surface area contributed by atoms with Gasteiger partial charge in [0.05, 0.1) is 24.0 Å². The van der Waals surface area contributed by atoms with Crippen LogP contribution < -0.4 is 15.4 Å². The number of aromatic amines is 1. The van der Waals surface area contributed by atoms with Crippen LogP contribution >= 0.6 is 0 Å². The Bertz CT molecular complexity index is 1400. The molecule has 1 unspecified atom stereocenters. The summed E-state index contributed by atoms with van der Waals surface area (Å²) < 4.78 is 6.37. The molecule has 2 atom stereocenters. The number of fused-ring (bicyclic) bond motifs is 2. The van der Waals surface area contributed by atoms with Crippen LogP contribution in [0.1, 0.15) is 43.5 Å². The molecule has 0 radical (unpaired) electrons. The number of rotatable bonds is 10. The first kappa shape index (κ1) is 25.9. The number of H-pyrrole nitrogens is 1. The predicted octanol–water partition coefficient (Wildman–Crippen LogP) is 6.81. The molecule has 0 aliphatic carbocycles. The molecule has 1 aliphatic heterocycles. The third-order valence-corrected chi connectivity index (χ3v) is 7.24. The first-order valence-electron chi connectivity index (χ1n) is 13.7. The van der Waals surface area contributed by atoms with Crippen molar-refractivity contribution in [2.75, 3.05) is 37.4 Å².